The Hall–Kier alpha value is -6.84. The Morgan fingerprint density at radius 1 is 0.314 bits per heavy atom. The molecule has 3 aromatic heterocycles. The fourth-order valence-corrected chi connectivity index (χ4v) is 8.21. The Bertz CT molecular complexity index is 3120. The molecule has 0 saturated heterocycles. The third-order valence-electron chi connectivity index (χ3n) is 10.5. The topological polar surface area (TPSA) is 23.0 Å². The molecule has 0 unspecified atom stereocenters. The maximum absolute atomic E-state index is 6.39. The van der Waals surface area contributed by atoms with E-state index in [-0.39, 0.29) is 0 Å². The van der Waals surface area contributed by atoms with Crippen molar-refractivity contribution in [3.63, 3.8) is 0 Å². The van der Waals surface area contributed by atoms with Gasteiger partial charge in [-0.05, 0) is 71.3 Å². The molecule has 0 saturated carbocycles. The molecule has 11 rings (SSSR count). The molecule has 238 valence electrons. The Morgan fingerprint density at radius 2 is 0.882 bits per heavy atom. The standard InChI is InChI=1S/C48H30N2O/c1-2-12-31(13-3-1)33-14-10-15-35(28-33)50-44-22-8-5-17-38(44)42-29-45-41(30-46(42)50)37-16-4-7-21-43(37)49(45)34-26-24-32(25-27-34)36-19-11-20-40-39-18-6-9-23-47(39)51-48(36)40/h1-30H. The van der Waals surface area contributed by atoms with Gasteiger partial charge in [-0.1, -0.05) is 127 Å². The van der Waals surface area contributed by atoms with Gasteiger partial charge in [0.15, 0.2) is 0 Å². The lowest BCUT2D eigenvalue weighted by Gasteiger charge is -2.11. The van der Waals surface area contributed by atoms with E-state index in [0.29, 0.717) is 0 Å². The smallest absolute Gasteiger partial charge is 0.143 e. The van der Waals surface area contributed by atoms with Crippen LogP contribution < -0.4 is 0 Å². The lowest BCUT2D eigenvalue weighted by atomic mass is 10.0. The molecule has 0 N–H and O–H groups in total. The van der Waals surface area contributed by atoms with Crippen LogP contribution in [-0.2, 0) is 0 Å². The first-order valence-electron chi connectivity index (χ1n) is 17.4. The second-order valence-electron chi connectivity index (χ2n) is 13.3. The molecule has 3 heterocycles. The molecule has 0 aliphatic rings. The predicted octanol–water partition coefficient (Wildman–Crippen LogP) is 13.1. The van der Waals surface area contributed by atoms with E-state index >= 15 is 0 Å². The van der Waals surface area contributed by atoms with Crippen LogP contribution in [0.15, 0.2) is 186 Å². The summed E-state index contributed by atoms with van der Waals surface area (Å²) in [5.41, 5.74) is 13.6. The van der Waals surface area contributed by atoms with Gasteiger partial charge in [0.1, 0.15) is 11.2 Å². The number of rotatable bonds is 4. The molecule has 0 spiro atoms. The second-order valence-corrected chi connectivity index (χ2v) is 13.3. The lowest BCUT2D eigenvalue weighted by molar-refractivity contribution is 0.670. The molecule has 0 bridgehead atoms. The van der Waals surface area contributed by atoms with E-state index in [1.807, 2.05) is 12.1 Å². The summed E-state index contributed by atoms with van der Waals surface area (Å²) in [7, 11) is 0. The summed E-state index contributed by atoms with van der Waals surface area (Å²) >= 11 is 0. The lowest BCUT2D eigenvalue weighted by Crippen LogP contribution is -1.95. The molecule has 0 aliphatic carbocycles. The van der Waals surface area contributed by atoms with Crippen molar-refractivity contribution in [2.45, 2.75) is 0 Å². The highest BCUT2D eigenvalue weighted by Crippen LogP contribution is 2.41. The molecule has 3 heteroatoms. The van der Waals surface area contributed by atoms with Crippen LogP contribution in [0, 0.1) is 0 Å². The van der Waals surface area contributed by atoms with Gasteiger partial charge >= 0.3 is 0 Å². The normalized spacial score (nSPS) is 11.9. The quantitative estimate of drug-likeness (QED) is 0.186. The van der Waals surface area contributed by atoms with E-state index in [1.165, 1.54) is 54.7 Å². The minimum absolute atomic E-state index is 0.915. The highest BCUT2D eigenvalue weighted by molar-refractivity contribution is 6.19. The SMILES string of the molecule is c1ccc(-c2cccc(-n3c4ccccc4c4cc5c(cc43)c3ccccc3n5-c3ccc(-c4cccc5c4oc4ccccc45)cc3)c2)cc1. The van der Waals surface area contributed by atoms with Crippen LogP contribution in [0.1, 0.15) is 0 Å². The molecule has 8 aromatic carbocycles. The van der Waals surface area contributed by atoms with Gasteiger partial charge in [-0.2, -0.15) is 0 Å². The first kappa shape index (κ1) is 28.0. The van der Waals surface area contributed by atoms with Gasteiger partial charge in [0, 0.05) is 49.3 Å². The summed E-state index contributed by atoms with van der Waals surface area (Å²) < 4.78 is 11.2. The number of nitrogens with zero attached hydrogens (tertiary/aromatic N) is 2. The minimum Gasteiger partial charge on any atom is -0.455 e. The van der Waals surface area contributed by atoms with E-state index in [4.69, 9.17) is 4.42 Å². The van der Waals surface area contributed by atoms with Crippen molar-refractivity contribution in [3.05, 3.63) is 182 Å². The Morgan fingerprint density at radius 3 is 1.61 bits per heavy atom. The predicted molar refractivity (Wildman–Crippen MR) is 213 cm³/mol. The number of para-hydroxylation sites is 4. The zero-order valence-corrected chi connectivity index (χ0v) is 27.6. The summed E-state index contributed by atoms with van der Waals surface area (Å²) in [4.78, 5) is 0. The van der Waals surface area contributed by atoms with Crippen molar-refractivity contribution < 1.29 is 4.42 Å². The van der Waals surface area contributed by atoms with E-state index in [1.54, 1.807) is 0 Å². The molecule has 0 aliphatic heterocycles. The van der Waals surface area contributed by atoms with Crippen molar-refractivity contribution >= 4 is 65.6 Å². The molecular weight excluding hydrogens is 621 g/mol. The molecule has 0 amide bonds. The fourth-order valence-electron chi connectivity index (χ4n) is 8.21. The summed E-state index contributed by atoms with van der Waals surface area (Å²) in [6.45, 7) is 0. The van der Waals surface area contributed by atoms with Gasteiger partial charge in [0.05, 0.1) is 22.1 Å². The van der Waals surface area contributed by atoms with Crippen molar-refractivity contribution in [1.29, 1.82) is 0 Å². The molecule has 3 nitrogen and oxygen atoms in total. The number of hydrogen-bond acceptors (Lipinski definition) is 1. The first-order chi connectivity index (χ1) is 25.3. The van der Waals surface area contributed by atoms with Crippen LogP contribution in [0.3, 0.4) is 0 Å². The molecular formula is C48H30N2O. The third kappa shape index (κ3) is 4.19. The Kier molecular flexibility index (Phi) is 5.96. The number of hydrogen-bond donors (Lipinski definition) is 0. The largest absolute Gasteiger partial charge is 0.455 e. The van der Waals surface area contributed by atoms with E-state index in [2.05, 4.69) is 179 Å². The fraction of sp³-hybridized carbons (Fsp3) is 0. The molecule has 0 radical (unpaired) electrons. The van der Waals surface area contributed by atoms with Crippen LogP contribution >= 0.6 is 0 Å². The van der Waals surface area contributed by atoms with Crippen LogP contribution in [0.25, 0.3) is 99.2 Å². The molecule has 0 atom stereocenters. The third-order valence-corrected chi connectivity index (χ3v) is 10.5. The van der Waals surface area contributed by atoms with Gasteiger partial charge < -0.3 is 13.6 Å². The number of benzene rings is 8. The summed E-state index contributed by atoms with van der Waals surface area (Å²) in [6, 6.07) is 65.5. The van der Waals surface area contributed by atoms with E-state index in [9.17, 15) is 0 Å². The summed E-state index contributed by atoms with van der Waals surface area (Å²) in [5.74, 6) is 0. The Balaban J connectivity index is 1.12. The highest BCUT2D eigenvalue weighted by atomic mass is 16.3. The molecule has 0 fully saturated rings. The molecule has 11 aromatic rings. The average molecular weight is 651 g/mol. The van der Waals surface area contributed by atoms with Crippen molar-refractivity contribution in [2.24, 2.45) is 0 Å². The molecule has 51 heavy (non-hydrogen) atoms. The van der Waals surface area contributed by atoms with Gasteiger partial charge in [0.2, 0.25) is 0 Å². The van der Waals surface area contributed by atoms with Crippen molar-refractivity contribution in [2.75, 3.05) is 0 Å². The van der Waals surface area contributed by atoms with Crippen LogP contribution in [-0.4, -0.2) is 9.13 Å². The zero-order valence-electron chi connectivity index (χ0n) is 27.6. The van der Waals surface area contributed by atoms with E-state index in [0.717, 1.165) is 44.4 Å². The zero-order chi connectivity index (χ0) is 33.5. The van der Waals surface area contributed by atoms with Crippen LogP contribution in [0.4, 0.5) is 0 Å². The van der Waals surface area contributed by atoms with Gasteiger partial charge in [-0.3, -0.25) is 0 Å². The number of furan rings is 1. The van der Waals surface area contributed by atoms with Crippen LogP contribution in [0.5, 0.6) is 0 Å². The van der Waals surface area contributed by atoms with Crippen molar-refractivity contribution in [3.8, 4) is 33.6 Å². The first-order valence-corrected chi connectivity index (χ1v) is 17.4. The monoisotopic (exact) mass is 650 g/mol. The van der Waals surface area contributed by atoms with Crippen molar-refractivity contribution in [1.82, 2.24) is 9.13 Å². The summed E-state index contributed by atoms with van der Waals surface area (Å²) in [5, 5.41) is 7.24. The average Bonchev–Trinajstić information content (AvgIpc) is 3.85. The number of aromatic nitrogens is 2. The summed E-state index contributed by atoms with van der Waals surface area (Å²) in [6.07, 6.45) is 0. The number of fused-ring (bicyclic) bond motifs is 9. The van der Waals surface area contributed by atoms with Gasteiger partial charge in [-0.25, -0.2) is 0 Å². The van der Waals surface area contributed by atoms with Gasteiger partial charge in [0.25, 0.3) is 0 Å². The minimum atomic E-state index is 0.915. The van der Waals surface area contributed by atoms with E-state index < -0.39 is 0 Å². The second kappa shape index (κ2) is 10.8. The Labute approximate surface area is 293 Å². The van der Waals surface area contributed by atoms with Crippen LogP contribution in [0.2, 0.25) is 0 Å². The van der Waals surface area contributed by atoms with Gasteiger partial charge in [-0.15, -0.1) is 0 Å². The highest BCUT2D eigenvalue weighted by Gasteiger charge is 2.19. The maximum atomic E-state index is 6.39. The maximum Gasteiger partial charge on any atom is 0.143 e.